The Balaban J connectivity index is 1.71. The van der Waals surface area contributed by atoms with Crippen molar-refractivity contribution in [1.82, 2.24) is 4.98 Å². The molecule has 1 aliphatic heterocycles. The average molecular weight is 367 g/mol. The maximum absolute atomic E-state index is 12.3. The Labute approximate surface area is 149 Å². The van der Waals surface area contributed by atoms with E-state index in [2.05, 4.69) is 15.2 Å². The van der Waals surface area contributed by atoms with Gasteiger partial charge in [-0.15, -0.1) is 0 Å². The molecule has 1 aromatic carbocycles. The molecule has 2 heterocycles. The number of pyridine rings is 1. The number of halogens is 2. The molecular formula is C16H16Cl2N4O2. The lowest BCUT2D eigenvalue weighted by molar-refractivity contribution is 0.102. The Morgan fingerprint density at radius 1 is 1.21 bits per heavy atom. The third kappa shape index (κ3) is 3.72. The van der Waals surface area contributed by atoms with E-state index in [1.807, 2.05) is 6.07 Å². The quantitative estimate of drug-likeness (QED) is 0.815. The van der Waals surface area contributed by atoms with Gasteiger partial charge in [0.15, 0.2) is 0 Å². The molecule has 3 N–H and O–H groups in total. The summed E-state index contributed by atoms with van der Waals surface area (Å²) >= 11 is 11.9. The molecule has 8 heteroatoms. The van der Waals surface area contributed by atoms with Crippen molar-refractivity contribution in [3.05, 3.63) is 46.1 Å². The first-order valence-corrected chi connectivity index (χ1v) is 8.15. The van der Waals surface area contributed by atoms with Gasteiger partial charge in [-0.1, -0.05) is 23.2 Å². The normalized spacial score (nSPS) is 14.5. The predicted molar refractivity (Wildman–Crippen MR) is 96.1 cm³/mol. The van der Waals surface area contributed by atoms with E-state index in [0.29, 0.717) is 34.5 Å². The molecule has 6 nitrogen and oxygen atoms in total. The topological polar surface area (TPSA) is 80.5 Å². The molecule has 0 unspecified atom stereocenters. The molecule has 0 atom stereocenters. The van der Waals surface area contributed by atoms with Crippen molar-refractivity contribution in [2.45, 2.75) is 0 Å². The van der Waals surface area contributed by atoms with Gasteiger partial charge in [0.1, 0.15) is 5.82 Å². The van der Waals surface area contributed by atoms with Crippen LogP contribution in [-0.2, 0) is 4.74 Å². The first-order valence-electron chi connectivity index (χ1n) is 7.39. The van der Waals surface area contributed by atoms with Crippen molar-refractivity contribution in [2.75, 3.05) is 42.3 Å². The van der Waals surface area contributed by atoms with Gasteiger partial charge in [0.25, 0.3) is 5.91 Å². The highest BCUT2D eigenvalue weighted by Gasteiger charge is 2.14. The van der Waals surface area contributed by atoms with E-state index in [9.17, 15) is 4.79 Å². The van der Waals surface area contributed by atoms with E-state index >= 15 is 0 Å². The smallest absolute Gasteiger partial charge is 0.257 e. The van der Waals surface area contributed by atoms with Gasteiger partial charge < -0.3 is 20.7 Å². The maximum Gasteiger partial charge on any atom is 0.257 e. The third-order valence-corrected chi connectivity index (χ3v) is 4.31. The molecule has 1 aliphatic rings. The third-order valence-electron chi connectivity index (χ3n) is 3.68. The minimum absolute atomic E-state index is 0.285. The second kappa shape index (κ2) is 7.25. The lowest BCUT2D eigenvalue weighted by Gasteiger charge is -2.27. The summed E-state index contributed by atoms with van der Waals surface area (Å²) in [6, 6.07) is 6.66. The average Bonchev–Trinajstić information content (AvgIpc) is 2.60. The number of amides is 1. The van der Waals surface area contributed by atoms with Crippen molar-refractivity contribution >= 4 is 46.3 Å². The number of nitrogens with zero attached hydrogens (tertiary/aromatic N) is 2. The summed E-state index contributed by atoms with van der Waals surface area (Å²) in [5.74, 6) is 0.529. The van der Waals surface area contributed by atoms with Gasteiger partial charge in [-0.2, -0.15) is 0 Å². The largest absolute Gasteiger partial charge is 0.396 e. The molecular weight excluding hydrogens is 351 g/mol. The van der Waals surface area contributed by atoms with Gasteiger partial charge in [0, 0.05) is 25.0 Å². The van der Waals surface area contributed by atoms with Gasteiger partial charge in [0.05, 0.1) is 34.5 Å². The molecule has 24 heavy (non-hydrogen) atoms. The molecule has 0 radical (unpaired) electrons. The van der Waals surface area contributed by atoms with Crippen molar-refractivity contribution in [1.29, 1.82) is 0 Å². The van der Waals surface area contributed by atoms with Gasteiger partial charge >= 0.3 is 0 Å². The summed E-state index contributed by atoms with van der Waals surface area (Å²) in [6.45, 7) is 2.95. The molecule has 3 rings (SSSR count). The Morgan fingerprint density at radius 2 is 1.88 bits per heavy atom. The monoisotopic (exact) mass is 366 g/mol. The number of nitrogen functional groups attached to an aromatic ring is 1. The van der Waals surface area contributed by atoms with Crippen LogP contribution in [0.2, 0.25) is 10.0 Å². The van der Waals surface area contributed by atoms with Crippen LogP contribution in [0.5, 0.6) is 0 Å². The molecule has 1 fully saturated rings. The fourth-order valence-electron chi connectivity index (χ4n) is 2.36. The number of hydrogen-bond donors (Lipinski definition) is 2. The Morgan fingerprint density at radius 3 is 2.46 bits per heavy atom. The molecule has 126 valence electrons. The Bertz CT molecular complexity index is 723. The number of anilines is 3. The zero-order valence-electron chi connectivity index (χ0n) is 12.8. The minimum atomic E-state index is -0.298. The van der Waals surface area contributed by atoms with E-state index < -0.39 is 0 Å². The van der Waals surface area contributed by atoms with Crippen LogP contribution in [0.15, 0.2) is 30.5 Å². The van der Waals surface area contributed by atoms with Crippen molar-refractivity contribution in [2.24, 2.45) is 0 Å². The highest BCUT2D eigenvalue weighted by molar-refractivity contribution is 6.39. The number of benzene rings is 1. The molecule has 1 aromatic heterocycles. The van der Waals surface area contributed by atoms with Crippen LogP contribution in [0.4, 0.5) is 17.2 Å². The van der Waals surface area contributed by atoms with Crippen molar-refractivity contribution < 1.29 is 9.53 Å². The molecule has 0 saturated carbocycles. The summed E-state index contributed by atoms with van der Waals surface area (Å²) in [5, 5.41) is 3.31. The summed E-state index contributed by atoms with van der Waals surface area (Å²) in [7, 11) is 0. The number of morpholine rings is 1. The van der Waals surface area contributed by atoms with Gasteiger partial charge in [-0.05, 0) is 24.3 Å². The molecule has 2 aromatic rings. The van der Waals surface area contributed by atoms with Crippen LogP contribution in [-0.4, -0.2) is 37.2 Å². The standard InChI is InChI=1S/C16H16Cl2N4O2/c17-12-7-11(8-13(18)15(12)19)21-16(23)10-1-2-14(20-9-10)22-3-5-24-6-4-22/h1-2,7-9H,3-6,19H2,(H,21,23). The first kappa shape index (κ1) is 16.8. The number of carbonyl (C=O) groups is 1. The SMILES string of the molecule is Nc1c(Cl)cc(NC(=O)c2ccc(N3CCOCC3)nc2)cc1Cl. The van der Waals surface area contributed by atoms with Crippen LogP contribution < -0.4 is 16.0 Å². The van der Waals surface area contributed by atoms with Crippen LogP contribution in [0.25, 0.3) is 0 Å². The fraction of sp³-hybridized carbons (Fsp3) is 0.250. The summed E-state index contributed by atoms with van der Waals surface area (Å²) < 4.78 is 5.31. The highest BCUT2D eigenvalue weighted by atomic mass is 35.5. The van der Waals surface area contributed by atoms with E-state index in [-0.39, 0.29) is 11.6 Å². The van der Waals surface area contributed by atoms with Crippen molar-refractivity contribution in [3.63, 3.8) is 0 Å². The summed E-state index contributed by atoms with van der Waals surface area (Å²) in [4.78, 5) is 18.8. The molecule has 0 aliphatic carbocycles. The van der Waals surface area contributed by atoms with Gasteiger partial charge in [0.2, 0.25) is 0 Å². The zero-order chi connectivity index (χ0) is 17.1. The van der Waals surface area contributed by atoms with Gasteiger partial charge in [-0.25, -0.2) is 4.98 Å². The Hall–Kier alpha value is -2.02. The van der Waals surface area contributed by atoms with E-state index in [0.717, 1.165) is 18.9 Å². The minimum Gasteiger partial charge on any atom is -0.396 e. The fourth-order valence-corrected chi connectivity index (χ4v) is 2.85. The summed E-state index contributed by atoms with van der Waals surface area (Å²) in [6.07, 6.45) is 1.54. The highest BCUT2D eigenvalue weighted by Crippen LogP contribution is 2.31. The number of nitrogens with two attached hydrogens (primary N) is 1. The first-order chi connectivity index (χ1) is 11.5. The lowest BCUT2D eigenvalue weighted by atomic mass is 10.2. The second-order valence-electron chi connectivity index (χ2n) is 5.31. The predicted octanol–water partition coefficient (Wildman–Crippen LogP) is 3.06. The number of nitrogens with one attached hydrogen (secondary N) is 1. The number of ether oxygens (including phenoxy) is 1. The zero-order valence-corrected chi connectivity index (χ0v) is 14.3. The van der Waals surface area contributed by atoms with Crippen LogP contribution >= 0.6 is 23.2 Å². The second-order valence-corrected chi connectivity index (χ2v) is 6.13. The molecule has 1 amide bonds. The van der Waals surface area contributed by atoms with Gasteiger partial charge in [-0.3, -0.25) is 4.79 Å². The van der Waals surface area contributed by atoms with Crippen molar-refractivity contribution in [3.8, 4) is 0 Å². The van der Waals surface area contributed by atoms with E-state index in [1.54, 1.807) is 24.4 Å². The Kier molecular flexibility index (Phi) is 5.08. The molecule has 1 saturated heterocycles. The van der Waals surface area contributed by atoms with Crippen LogP contribution in [0.3, 0.4) is 0 Å². The number of rotatable bonds is 3. The number of aromatic nitrogens is 1. The summed E-state index contributed by atoms with van der Waals surface area (Å²) in [5.41, 5.74) is 6.88. The number of carbonyl (C=O) groups excluding carboxylic acids is 1. The molecule has 0 spiro atoms. The van der Waals surface area contributed by atoms with E-state index in [1.165, 1.54) is 0 Å². The molecule has 0 bridgehead atoms. The van der Waals surface area contributed by atoms with Crippen LogP contribution in [0, 0.1) is 0 Å². The maximum atomic E-state index is 12.3. The van der Waals surface area contributed by atoms with Crippen LogP contribution in [0.1, 0.15) is 10.4 Å². The number of hydrogen-bond acceptors (Lipinski definition) is 5. The lowest BCUT2D eigenvalue weighted by Crippen LogP contribution is -2.36. The van der Waals surface area contributed by atoms with E-state index in [4.69, 9.17) is 33.7 Å².